The summed E-state index contributed by atoms with van der Waals surface area (Å²) in [6, 6.07) is 10.3. The third kappa shape index (κ3) is 2.62. The number of nitrogens with zero attached hydrogens (tertiary/aromatic N) is 4. The Kier molecular flexibility index (Phi) is 3.15. The van der Waals surface area contributed by atoms with Gasteiger partial charge in [-0.2, -0.15) is 5.10 Å². The van der Waals surface area contributed by atoms with Crippen molar-refractivity contribution in [3.8, 4) is 11.1 Å². The minimum atomic E-state index is -2.63. The number of benzene rings is 1. The van der Waals surface area contributed by atoms with E-state index in [1.165, 1.54) is 4.52 Å². The van der Waals surface area contributed by atoms with Gasteiger partial charge in [0.25, 0.3) is 5.56 Å². The van der Waals surface area contributed by atoms with Crippen molar-refractivity contribution in [1.82, 2.24) is 19.2 Å². The first-order chi connectivity index (χ1) is 13.8. The van der Waals surface area contributed by atoms with Crippen LogP contribution in [0.4, 0.5) is 5.82 Å². The van der Waals surface area contributed by atoms with Gasteiger partial charge in [-0.1, -0.05) is 6.07 Å². The van der Waals surface area contributed by atoms with Crippen LogP contribution in [-0.4, -0.2) is 32.9 Å². The fraction of sp³-hybridized carbons (Fsp3) is 0.211. The molecule has 3 aromatic heterocycles. The second kappa shape index (κ2) is 6.27. The van der Waals surface area contributed by atoms with Gasteiger partial charge in [0, 0.05) is 42.4 Å². The zero-order valence-corrected chi connectivity index (χ0v) is 14.1. The molecule has 0 aliphatic carbocycles. The number of rotatable bonds is 4. The van der Waals surface area contributed by atoms with Crippen molar-refractivity contribution in [2.24, 2.45) is 6.98 Å². The molecule has 0 amide bonds. The van der Waals surface area contributed by atoms with Crippen LogP contribution in [0.25, 0.3) is 27.7 Å². The number of aryl methyl sites for hydroxylation is 1. The molecule has 4 rings (SSSR count). The lowest BCUT2D eigenvalue weighted by atomic mass is 10.1. The van der Waals surface area contributed by atoms with E-state index >= 15 is 0 Å². The number of anilines is 1. The molecule has 0 saturated heterocycles. The largest absolute Gasteiger partial charge is 0.384 e. The number of nitrogen functional groups attached to an aromatic ring is 1. The van der Waals surface area contributed by atoms with Crippen molar-refractivity contribution in [3.63, 3.8) is 0 Å². The summed E-state index contributed by atoms with van der Waals surface area (Å²) in [7, 11) is 1.58. The Balaban J connectivity index is 2.03. The second-order valence-corrected chi connectivity index (χ2v) is 5.99. The van der Waals surface area contributed by atoms with Crippen molar-refractivity contribution in [2.75, 3.05) is 19.5 Å². The topological polar surface area (TPSA) is 87.4 Å². The molecular weight excluding hydrogens is 330 g/mol. The SMILES string of the molecule is [2H]C([2H])([2H])n1c(=O)c2ccc(-c3ccc(N)nc3)cc2n2nc(CCOC)cc12. The third-order valence-electron chi connectivity index (χ3n) is 4.31. The fourth-order valence-corrected chi connectivity index (χ4v) is 2.95. The molecule has 2 N–H and O–H groups in total. The van der Waals surface area contributed by atoms with Gasteiger partial charge in [-0.3, -0.25) is 9.36 Å². The predicted molar refractivity (Wildman–Crippen MR) is 101 cm³/mol. The van der Waals surface area contributed by atoms with Crippen LogP contribution in [0, 0.1) is 0 Å². The van der Waals surface area contributed by atoms with E-state index in [-0.39, 0.29) is 11.0 Å². The van der Waals surface area contributed by atoms with E-state index in [1.807, 2.05) is 6.07 Å². The zero-order valence-electron chi connectivity index (χ0n) is 17.1. The molecule has 7 nitrogen and oxygen atoms in total. The summed E-state index contributed by atoms with van der Waals surface area (Å²) in [6.07, 6.45) is 2.14. The first-order valence-electron chi connectivity index (χ1n) is 9.58. The molecule has 0 fully saturated rings. The average molecular weight is 352 g/mol. The number of pyridine rings is 1. The summed E-state index contributed by atoms with van der Waals surface area (Å²) < 4.78 is 30.9. The molecule has 0 aliphatic rings. The minimum absolute atomic E-state index is 0.209. The maximum absolute atomic E-state index is 13.0. The molecule has 0 spiro atoms. The normalized spacial score (nSPS) is 13.7. The quantitative estimate of drug-likeness (QED) is 0.607. The van der Waals surface area contributed by atoms with Gasteiger partial charge in [-0.15, -0.1) is 0 Å². The maximum atomic E-state index is 13.0. The molecule has 0 unspecified atom stereocenters. The molecule has 4 aromatic rings. The van der Waals surface area contributed by atoms with Crippen molar-refractivity contribution < 1.29 is 8.85 Å². The molecule has 0 saturated carbocycles. The molecule has 0 bridgehead atoms. The number of nitrogens with two attached hydrogens (primary N) is 1. The lowest BCUT2D eigenvalue weighted by molar-refractivity contribution is 0.201. The van der Waals surface area contributed by atoms with E-state index in [0.717, 1.165) is 15.7 Å². The predicted octanol–water partition coefficient (Wildman–Crippen LogP) is 2.02. The van der Waals surface area contributed by atoms with E-state index in [0.29, 0.717) is 30.1 Å². The fourth-order valence-electron chi connectivity index (χ4n) is 2.95. The summed E-state index contributed by atoms with van der Waals surface area (Å²) in [5.41, 5.74) is 8.06. The summed E-state index contributed by atoms with van der Waals surface area (Å²) in [4.78, 5) is 17.1. The standard InChI is InChI=1S/C19H19N5O2/c1-23-18-10-14(7-8-26-2)22-24(18)16-9-12(3-5-15(16)19(23)25)13-4-6-17(20)21-11-13/h3-6,9-11H,7-8H2,1-2H3,(H2,20,21)/i1D3. The molecule has 0 radical (unpaired) electrons. The van der Waals surface area contributed by atoms with Gasteiger partial charge in [-0.05, 0) is 29.8 Å². The van der Waals surface area contributed by atoms with Crippen LogP contribution in [0.15, 0.2) is 47.4 Å². The van der Waals surface area contributed by atoms with Crippen LogP contribution >= 0.6 is 0 Å². The van der Waals surface area contributed by atoms with E-state index in [9.17, 15) is 4.79 Å². The molecule has 1 aromatic carbocycles. The number of hydrogen-bond acceptors (Lipinski definition) is 5. The van der Waals surface area contributed by atoms with Crippen molar-refractivity contribution >= 4 is 22.4 Å². The first-order valence-corrected chi connectivity index (χ1v) is 8.08. The number of hydrogen-bond donors (Lipinski definition) is 1. The number of ether oxygens (including phenoxy) is 1. The van der Waals surface area contributed by atoms with Gasteiger partial charge < -0.3 is 10.5 Å². The zero-order chi connectivity index (χ0) is 20.8. The molecule has 3 heterocycles. The van der Waals surface area contributed by atoms with Crippen LogP contribution in [0.5, 0.6) is 0 Å². The third-order valence-corrected chi connectivity index (χ3v) is 4.31. The Morgan fingerprint density at radius 2 is 2.08 bits per heavy atom. The van der Waals surface area contributed by atoms with Crippen LogP contribution in [0.1, 0.15) is 9.81 Å². The Bertz CT molecular complexity index is 1260. The lowest BCUT2D eigenvalue weighted by Gasteiger charge is -2.08. The van der Waals surface area contributed by atoms with Gasteiger partial charge in [-0.25, -0.2) is 9.50 Å². The van der Waals surface area contributed by atoms with Gasteiger partial charge in [0.1, 0.15) is 11.5 Å². The maximum Gasteiger partial charge on any atom is 0.261 e. The summed E-state index contributed by atoms with van der Waals surface area (Å²) in [5.74, 6) is 0.410. The Morgan fingerprint density at radius 1 is 1.23 bits per heavy atom. The number of fused-ring (bicyclic) bond motifs is 3. The first kappa shape index (κ1) is 13.1. The highest BCUT2D eigenvalue weighted by molar-refractivity contribution is 5.85. The highest BCUT2D eigenvalue weighted by Crippen LogP contribution is 2.24. The van der Waals surface area contributed by atoms with Crippen LogP contribution in [0.2, 0.25) is 0 Å². The van der Waals surface area contributed by atoms with E-state index in [1.54, 1.807) is 43.6 Å². The van der Waals surface area contributed by atoms with Crippen molar-refractivity contribution in [1.29, 1.82) is 0 Å². The molecule has 0 aliphatic heterocycles. The minimum Gasteiger partial charge on any atom is -0.384 e. The van der Waals surface area contributed by atoms with Gasteiger partial charge in [0.2, 0.25) is 0 Å². The highest BCUT2D eigenvalue weighted by atomic mass is 16.5. The van der Waals surface area contributed by atoms with Crippen LogP contribution in [-0.2, 0) is 18.1 Å². The smallest absolute Gasteiger partial charge is 0.261 e. The van der Waals surface area contributed by atoms with Gasteiger partial charge in [0.05, 0.1) is 23.2 Å². The monoisotopic (exact) mass is 352 g/mol. The molecule has 0 atom stereocenters. The average Bonchev–Trinajstić information content (AvgIpc) is 3.09. The Hall–Kier alpha value is -3.19. The Morgan fingerprint density at radius 3 is 2.81 bits per heavy atom. The van der Waals surface area contributed by atoms with Crippen molar-refractivity contribution in [2.45, 2.75) is 6.42 Å². The molecule has 132 valence electrons. The van der Waals surface area contributed by atoms with Crippen LogP contribution < -0.4 is 11.3 Å². The molecule has 26 heavy (non-hydrogen) atoms. The molecule has 7 heteroatoms. The second-order valence-electron chi connectivity index (χ2n) is 5.99. The molecular formula is C19H19N5O2. The van der Waals surface area contributed by atoms with E-state index in [4.69, 9.17) is 14.6 Å². The number of aromatic nitrogens is 4. The summed E-state index contributed by atoms with van der Waals surface area (Å²) in [5, 5.41) is 4.80. The van der Waals surface area contributed by atoms with Gasteiger partial charge in [0.15, 0.2) is 0 Å². The van der Waals surface area contributed by atoms with Crippen LogP contribution in [0.3, 0.4) is 0 Å². The van der Waals surface area contributed by atoms with Gasteiger partial charge >= 0.3 is 0 Å². The van der Waals surface area contributed by atoms with E-state index in [2.05, 4.69) is 10.1 Å². The summed E-state index contributed by atoms with van der Waals surface area (Å²) >= 11 is 0. The Labute approximate surface area is 153 Å². The number of methoxy groups -OCH3 is 1. The highest BCUT2D eigenvalue weighted by Gasteiger charge is 2.13. The van der Waals surface area contributed by atoms with Crippen molar-refractivity contribution in [3.05, 3.63) is 58.6 Å². The van der Waals surface area contributed by atoms with E-state index < -0.39 is 12.5 Å². The lowest BCUT2D eigenvalue weighted by Crippen LogP contribution is -2.19. The summed E-state index contributed by atoms with van der Waals surface area (Å²) in [6.45, 7) is -2.20.